The Balaban J connectivity index is 1.56. The number of esters is 1. The molecule has 2 fully saturated rings. The summed E-state index contributed by atoms with van der Waals surface area (Å²) in [5.74, 6) is 2.56. The molecular weight excluding hydrogens is 358 g/mol. The molecule has 2 aromatic heterocycles. The molecule has 6 heteroatoms. The standard InChI is InChI=1S/C21H27N3O2S/c1-2-26-21(25)14-6-5-11-24(12-14)19-17-15-7-3-4-8-16(15)27-20(17)23-18(22-19)13-9-10-13/h13-14H,2-12H2,1H3/t14-/m1/s1. The maximum Gasteiger partial charge on any atom is 0.310 e. The van der Waals surface area contributed by atoms with Crippen LogP contribution in [-0.2, 0) is 22.4 Å². The van der Waals surface area contributed by atoms with Crippen LogP contribution in [-0.4, -0.2) is 35.6 Å². The van der Waals surface area contributed by atoms with Crippen molar-refractivity contribution in [3.8, 4) is 0 Å². The first-order valence-electron chi connectivity index (χ1n) is 10.5. The van der Waals surface area contributed by atoms with Gasteiger partial charge in [-0.3, -0.25) is 4.79 Å². The van der Waals surface area contributed by atoms with E-state index in [1.54, 1.807) is 0 Å². The lowest BCUT2D eigenvalue weighted by Crippen LogP contribution is -2.40. The molecule has 1 saturated heterocycles. The van der Waals surface area contributed by atoms with Gasteiger partial charge in [0.1, 0.15) is 16.5 Å². The molecule has 5 nitrogen and oxygen atoms in total. The predicted molar refractivity (Wildman–Crippen MR) is 108 cm³/mol. The van der Waals surface area contributed by atoms with Gasteiger partial charge in [-0.15, -0.1) is 11.3 Å². The average molecular weight is 386 g/mol. The van der Waals surface area contributed by atoms with E-state index in [0.29, 0.717) is 12.5 Å². The Hall–Kier alpha value is -1.69. The van der Waals surface area contributed by atoms with Crippen LogP contribution in [0.25, 0.3) is 10.2 Å². The smallest absolute Gasteiger partial charge is 0.310 e. The number of ether oxygens (including phenoxy) is 1. The van der Waals surface area contributed by atoms with Gasteiger partial charge in [-0.25, -0.2) is 9.97 Å². The summed E-state index contributed by atoms with van der Waals surface area (Å²) in [5, 5.41) is 1.28. The van der Waals surface area contributed by atoms with Crippen LogP contribution in [0.3, 0.4) is 0 Å². The SMILES string of the molecule is CCOC(=O)[C@@H]1CCCN(c2nc(C3CC3)nc3sc4c(c23)CCCC4)C1. The van der Waals surface area contributed by atoms with Crippen molar-refractivity contribution in [2.75, 3.05) is 24.6 Å². The van der Waals surface area contributed by atoms with Gasteiger partial charge in [0, 0.05) is 23.9 Å². The number of hydrogen-bond donors (Lipinski definition) is 0. The Morgan fingerprint density at radius 1 is 1.19 bits per heavy atom. The first-order chi connectivity index (χ1) is 13.2. The van der Waals surface area contributed by atoms with Crippen LogP contribution in [0.15, 0.2) is 0 Å². The molecule has 0 radical (unpaired) electrons. The minimum atomic E-state index is -0.0535. The van der Waals surface area contributed by atoms with E-state index in [2.05, 4.69) is 4.90 Å². The van der Waals surface area contributed by atoms with Crippen LogP contribution in [0.5, 0.6) is 0 Å². The van der Waals surface area contributed by atoms with Gasteiger partial charge in [0.15, 0.2) is 0 Å². The molecule has 0 amide bonds. The molecule has 1 saturated carbocycles. The summed E-state index contributed by atoms with van der Waals surface area (Å²) < 4.78 is 5.30. The Bertz CT molecular complexity index is 874. The zero-order valence-corrected chi connectivity index (χ0v) is 16.8. The summed E-state index contributed by atoms with van der Waals surface area (Å²) in [4.78, 5) is 27.4. The molecule has 144 valence electrons. The third kappa shape index (κ3) is 3.22. The number of thiophene rings is 1. The predicted octanol–water partition coefficient (Wildman–Crippen LogP) is 4.23. The van der Waals surface area contributed by atoms with Gasteiger partial charge < -0.3 is 9.64 Å². The lowest BCUT2D eigenvalue weighted by atomic mass is 9.95. The third-order valence-corrected chi connectivity index (χ3v) is 7.28. The van der Waals surface area contributed by atoms with Crippen molar-refractivity contribution < 1.29 is 9.53 Å². The number of carbonyl (C=O) groups is 1. The number of rotatable bonds is 4. The first-order valence-corrected chi connectivity index (χ1v) is 11.3. The van der Waals surface area contributed by atoms with Gasteiger partial charge >= 0.3 is 5.97 Å². The lowest BCUT2D eigenvalue weighted by Gasteiger charge is -2.33. The molecule has 3 aliphatic rings. The van der Waals surface area contributed by atoms with E-state index in [1.165, 1.54) is 52.8 Å². The fourth-order valence-corrected chi connectivity index (χ4v) is 5.79. The molecule has 1 atom stereocenters. The van der Waals surface area contributed by atoms with Crippen LogP contribution in [0.1, 0.15) is 67.6 Å². The second kappa shape index (κ2) is 7.04. The third-order valence-electron chi connectivity index (χ3n) is 6.10. The molecule has 27 heavy (non-hydrogen) atoms. The van der Waals surface area contributed by atoms with Gasteiger partial charge in [0.05, 0.1) is 17.9 Å². The number of fused-ring (bicyclic) bond motifs is 3. The highest BCUT2D eigenvalue weighted by molar-refractivity contribution is 7.19. The Kier molecular flexibility index (Phi) is 4.54. The van der Waals surface area contributed by atoms with Gasteiger partial charge in [0.25, 0.3) is 0 Å². The highest BCUT2D eigenvalue weighted by atomic mass is 32.1. The van der Waals surface area contributed by atoms with Gasteiger partial charge in [0.2, 0.25) is 0 Å². The minimum absolute atomic E-state index is 0.0393. The van der Waals surface area contributed by atoms with Crippen LogP contribution in [0, 0.1) is 5.92 Å². The fraction of sp³-hybridized carbons (Fsp3) is 0.667. The highest BCUT2D eigenvalue weighted by Crippen LogP contribution is 2.44. The van der Waals surface area contributed by atoms with Crippen LogP contribution >= 0.6 is 11.3 Å². The lowest BCUT2D eigenvalue weighted by molar-refractivity contribution is -0.148. The number of aromatic nitrogens is 2. The van der Waals surface area contributed by atoms with Gasteiger partial charge in [-0.2, -0.15) is 0 Å². The monoisotopic (exact) mass is 385 g/mol. The first kappa shape index (κ1) is 17.4. The molecule has 3 heterocycles. The molecule has 1 aliphatic heterocycles. The second-order valence-corrected chi connectivity index (χ2v) is 9.19. The Morgan fingerprint density at radius 2 is 2.04 bits per heavy atom. The second-order valence-electron chi connectivity index (χ2n) is 8.11. The summed E-state index contributed by atoms with van der Waals surface area (Å²) in [6, 6.07) is 0. The molecule has 0 spiro atoms. The molecule has 0 unspecified atom stereocenters. The van der Waals surface area contributed by atoms with Crippen molar-refractivity contribution in [1.29, 1.82) is 0 Å². The average Bonchev–Trinajstić information content (AvgIpc) is 3.48. The summed E-state index contributed by atoms with van der Waals surface area (Å²) in [6.45, 7) is 4.03. The molecule has 2 aromatic rings. The summed E-state index contributed by atoms with van der Waals surface area (Å²) in [6.07, 6.45) is 9.22. The number of hydrogen-bond acceptors (Lipinski definition) is 6. The maximum absolute atomic E-state index is 12.3. The summed E-state index contributed by atoms with van der Waals surface area (Å²) in [5.41, 5.74) is 1.48. The number of aryl methyl sites for hydroxylation is 2. The van der Waals surface area contributed by atoms with Crippen molar-refractivity contribution >= 4 is 33.3 Å². The zero-order chi connectivity index (χ0) is 18.4. The summed E-state index contributed by atoms with van der Waals surface area (Å²) >= 11 is 1.88. The quantitative estimate of drug-likeness (QED) is 0.737. The Labute approximate surface area is 164 Å². The largest absolute Gasteiger partial charge is 0.466 e. The molecule has 0 bridgehead atoms. The zero-order valence-electron chi connectivity index (χ0n) is 16.0. The Morgan fingerprint density at radius 3 is 2.85 bits per heavy atom. The van der Waals surface area contributed by atoms with E-state index < -0.39 is 0 Å². The van der Waals surface area contributed by atoms with E-state index in [4.69, 9.17) is 14.7 Å². The normalized spacial score (nSPS) is 22.7. The van der Waals surface area contributed by atoms with Crippen molar-refractivity contribution in [2.24, 2.45) is 5.92 Å². The number of anilines is 1. The molecule has 2 aliphatic carbocycles. The van der Waals surface area contributed by atoms with E-state index in [9.17, 15) is 4.79 Å². The number of piperidine rings is 1. The fourth-order valence-electron chi connectivity index (χ4n) is 4.53. The highest BCUT2D eigenvalue weighted by Gasteiger charge is 2.33. The topological polar surface area (TPSA) is 55.3 Å². The maximum atomic E-state index is 12.3. The number of carbonyl (C=O) groups excluding carboxylic acids is 1. The van der Waals surface area contributed by atoms with Gasteiger partial charge in [-0.05, 0) is 63.9 Å². The minimum Gasteiger partial charge on any atom is -0.466 e. The molecule has 0 aromatic carbocycles. The molecule has 5 rings (SSSR count). The van der Waals surface area contributed by atoms with E-state index >= 15 is 0 Å². The van der Waals surface area contributed by atoms with Crippen molar-refractivity contribution in [2.45, 2.75) is 64.2 Å². The van der Waals surface area contributed by atoms with Crippen molar-refractivity contribution in [1.82, 2.24) is 9.97 Å². The van der Waals surface area contributed by atoms with Crippen LogP contribution < -0.4 is 4.90 Å². The van der Waals surface area contributed by atoms with E-state index in [0.717, 1.165) is 44.0 Å². The van der Waals surface area contributed by atoms with Crippen molar-refractivity contribution in [3.05, 3.63) is 16.3 Å². The van der Waals surface area contributed by atoms with Crippen LogP contribution in [0.2, 0.25) is 0 Å². The molecular formula is C21H27N3O2S. The van der Waals surface area contributed by atoms with E-state index in [-0.39, 0.29) is 11.9 Å². The summed E-state index contributed by atoms with van der Waals surface area (Å²) in [7, 11) is 0. The van der Waals surface area contributed by atoms with Crippen LogP contribution in [0.4, 0.5) is 5.82 Å². The van der Waals surface area contributed by atoms with Crippen molar-refractivity contribution in [3.63, 3.8) is 0 Å². The van der Waals surface area contributed by atoms with Gasteiger partial charge in [-0.1, -0.05) is 0 Å². The van der Waals surface area contributed by atoms with E-state index in [1.807, 2.05) is 18.3 Å². The number of nitrogens with zero attached hydrogens (tertiary/aromatic N) is 3. The molecule has 0 N–H and O–H groups in total.